The predicted molar refractivity (Wildman–Crippen MR) is 93.5 cm³/mol. The fourth-order valence-electron chi connectivity index (χ4n) is 2.19. The average Bonchev–Trinajstić information content (AvgIpc) is 3.03. The zero-order valence-corrected chi connectivity index (χ0v) is 14.5. The minimum Gasteiger partial charge on any atom is -0.391 e. The number of urea groups is 1. The lowest BCUT2D eigenvalue weighted by molar-refractivity contribution is 0.0650. The summed E-state index contributed by atoms with van der Waals surface area (Å²) in [7, 11) is 0. The Labute approximate surface area is 142 Å². The summed E-state index contributed by atoms with van der Waals surface area (Å²) in [5.74, 6) is 0. The molecular formula is C18H26N4O2. The fraction of sp³-hybridized carbons (Fsp3) is 0.444. The summed E-state index contributed by atoms with van der Waals surface area (Å²) >= 11 is 0. The van der Waals surface area contributed by atoms with E-state index in [1.807, 2.05) is 62.0 Å². The Kier molecular flexibility index (Phi) is 5.98. The highest BCUT2D eigenvalue weighted by molar-refractivity contribution is 5.73. The lowest BCUT2D eigenvalue weighted by Crippen LogP contribution is -2.43. The molecule has 2 rings (SSSR count). The number of nitrogens with zero attached hydrogens (tertiary/aromatic N) is 2. The van der Waals surface area contributed by atoms with Gasteiger partial charge in [0.25, 0.3) is 0 Å². The van der Waals surface area contributed by atoms with Crippen molar-refractivity contribution in [3.63, 3.8) is 0 Å². The van der Waals surface area contributed by atoms with Crippen molar-refractivity contribution in [2.24, 2.45) is 5.41 Å². The van der Waals surface area contributed by atoms with Gasteiger partial charge in [0.1, 0.15) is 0 Å². The molecule has 0 saturated heterocycles. The van der Waals surface area contributed by atoms with E-state index in [2.05, 4.69) is 15.7 Å². The van der Waals surface area contributed by atoms with Gasteiger partial charge in [0, 0.05) is 25.5 Å². The number of aliphatic hydroxyl groups excluding tert-OH is 1. The summed E-state index contributed by atoms with van der Waals surface area (Å²) in [5, 5.41) is 19.7. The Hall–Kier alpha value is -2.34. The molecule has 6 heteroatoms. The van der Waals surface area contributed by atoms with Crippen LogP contribution in [0.15, 0.2) is 42.7 Å². The quantitative estimate of drug-likeness (QED) is 0.759. The number of carbonyl (C=O) groups excluding carboxylic acids is 1. The topological polar surface area (TPSA) is 79.2 Å². The molecule has 0 fully saturated rings. The van der Waals surface area contributed by atoms with E-state index in [0.717, 1.165) is 11.1 Å². The van der Waals surface area contributed by atoms with Crippen molar-refractivity contribution in [1.29, 1.82) is 0 Å². The Morgan fingerprint density at radius 3 is 2.54 bits per heavy atom. The molecule has 1 unspecified atom stereocenters. The molecule has 2 aromatic rings. The monoisotopic (exact) mass is 330 g/mol. The van der Waals surface area contributed by atoms with Gasteiger partial charge in [-0.1, -0.05) is 45.0 Å². The van der Waals surface area contributed by atoms with Crippen molar-refractivity contribution < 1.29 is 9.90 Å². The van der Waals surface area contributed by atoms with Crippen molar-refractivity contribution in [1.82, 2.24) is 20.4 Å². The summed E-state index contributed by atoms with van der Waals surface area (Å²) in [5.41, 5.74) is 1.89. The van der Waals surface area contributed by atoms with Gasteiger partial charge in [-0.15, -0.1) is 0 Å². The van der Waals surface area contributed by atoms with E-state index in [1.165, 1.54) is 0 Å². The van der Waals surface area contributed by atoms with E-state index in [1.54, 1.807) is 6.20 Å². The first-order valence-electron chi connectivity index (χ1n) is 8.10. The van der Waals surface area contributed by atoms with Crippen LogP contribution in [-0.4, -0.2) is 33.6 Å². The zero-order chi connectivity index (χ0) is 17.6. The van der Waals surface area contributed by atoms with Crippen LogP contribution in [0.3, 0.4) is 0 Å². The molecular weight excluding hydrogens is 304 g/mol. The highest BCUT2D eigenvalue weighted by atomic mass is 16.3. The first-order chi connectivity index (χ1) is 11.4. The number of aromatic nitrogens is 2. The van der Waals surface area contributed by atoms with Crippen LogP contribution < -0.4 is 10.6 Å². The van der Waals surface area contributed by atoms with Crippen LogP contribution >= 0.6 is 0 Å². The van der Waals surface area contributed by atoms with Crippen LogP contribution in [0.25, 0.3) is 0 Å². The van der Waals surface area contributed by atoms with Gasteiger partial charge in [-0.2, -0.15) is 5.10 Å². The van der Waals surface area contributed by atoms with Gasteiger partial charge in [-0.3, -0.25) is 4.68 Å². The van der Waals surface area contributed by atoms with E-state index < -0.39 is 6.10 Å². The minimum atomic E-state index is -0.588. The van der Waals surface area contributed by atoms with Gasteiger partial charge in [0.15, 0.2) is 0 Å². The molecule has 6 nitrogen and oxygen atoms in total. The molecule has 1 aromatic heterocycles. The van der Waals surface area contributed by atoms with Gasteiger partial charge in [-0.25, -0.2) is 4.79 Å². The van der Waals surface area contributed by atoms with Crippen molar-refractivity contribution in [3.8, 4) is 0 Å². The van der Waals surface area contributed by atoms with Crippen molar-refractivity contribution in [2.45, 2.75) is 40.0 Å². The van der Waals surface area contributed by atoms with Gasteiger partial charge in [0.05, 0.1) is 12.6 Å². The number of hydrogen-bond acceptors (Lipinski definition) is 3. The third-order valence-electron chi connectivity index (χ3n) is 3.90. The van der Waals surface area contributed by atoms with Gasteiger partial charge in [0.2, 0.25) is 0 Å². The molecule has 1 heterocycles. The standard InChI is InChI=1S/C18H26N4O2/c1-18(2,3)16(23)12-20-17(24)19-11-14-7-4-5-8-15(14)13-22-10-6-9-21-22/h4-10,16,23H,11-13H2,1-3H3,(H2,19,20,24). The average molecular weight is 330 g/mol. The maximum Gasteiger partial charge on any atom is 0.315 e. The molecule has 3 N–H and O–H groups in total. The van der Waals surface area contributed by atoms with Gasteiger partial charge >= 0.3 is 6.03 Å². The number of amides is 2. The van der Waals surface area contributed by atoms with Gasteiger partial charge < -0.3 is 15.7 Å². The van der Waals surface area contributed by atoms with Crippen molar-refractivity contribution in [2.75, 3.05) is 6.54 Å². The van der Waals surface area contributed by atoms with Crippen LogP contribution in [-0.2, 0) is 13.1 Å². The molecule has 0 radical (unpaired) electrons. The molecule has 0 aliphatic carbocycles. The SMILES string of the molecule is CC(C)(C)C(O)CNC(=O)NCc1ccccc1Cn1cccn1. The number of nitrogens with one attached hydrogen (secondary N) is 2. The molecule has 130 valence electrons. The number of hydrogen-bond donors (Lipinski definition) is 3. The highest BCUT2D eigenvalue weighted by Gasteiger charge is 2.22. The second-order valence-electron chi connectivity index (χ2n) is 6.92. The predicted octanol–water partition coefficient (Wildman–Crippen LogP) is 2.14. The maximum atomic E-state index is 11.9. The van der Waals surface area contributed by atoms with Crippen LogP contribution in [0, 0.1) is 5.41 Å². The van der Waals surface area contributed by atoms with E-state index in [0.29, 0.717) is 13.1 Å². The smallest absolute Gasteiger partial charge is 0.315 e. The second kappa shape index (κ2) is 7.97. The molecule has 24 heavy (non-hydrogen) atoms. The van der Waals surface area contributed by atoms with Crippen molar-refractivity contribution in [3.05, 3.63) is 53.9 Å². The number of carbonyl (C=O) groups is 1. The normalized spacial score (nSPS) is 12.7. The molecule has 1 atom stereocenters. The molecule has 0 bridgehead atoms. The molecule has 1 aromatic carbocycles. The van der Waals surface area contributed by atoms with Crippen LogP contribution in [0.2, 0.25) is 0 Å². The van der Waals surface area contributed by atoms with Gasteiger partial charge in [-0.05, 0) is 22.6 Å². The van der Waals surface area contributed by atoms with E-state index in [-0.39, 0.29) is 18.0 Å². The van der Waals surface area contributed by atoms with E-state index >= 15 is 0 Å². The number of benzene rings is 1. The largest absolute Gasteiger partial charge is 0.391 e. The summed E-state index contributed by atoms with van der Waals surface area (Å²) in [6, 6.07) is 9.54. The molecule has 0 aliphatic heterocycles. The Morgan fingerprint density at radius 1 is 1.21 bits per heavy atom. The second-order valence-corrected chi connectivity index (χ2v) is 6.92. The first-order valence-corrected chi connectivity index (χ1v) is 8.10. The highest BCUT2D eigenvalue weighted by Crippen LogP contribution is 2.18. The summed E-state index contributed by atoms with van der Waals surface area (Å²) in [6.07, 6.45) is 3.06. The lowest BCUT2D eigenvalue weighted by Gasteiger charge is -2.25. The number of rotatable bonds is 6. The third-order valence-corrected chi connectivity index (χ3v) is 3.90. The van der Waals surface area contributed by atoms with Crippen LogP contribution in [0.1, 0.15) is 31.9 Å². The molecule has 0 aliphatic rings. The number of aliphatic hydroxyl groups is 1. The van der Waals surface area contributed by atoms with Crippen LogP contribution in [0.4, 0.5) is 4.79 Å². The first kappa shape index (κ1) is 18.0. The molecule has 0 spiro atoms. The Bertz CT molecular complexity index is 647. The lowest BCUT2D eigenvalue weighted by atomic mass is 9.89. The van der Waals surface area contributed by atoms with Crippen molar-refractivity contribution >= 4 is 6.03 Å². The minimum absolute atomic E-state index is 0.226. The zero-order valence-electron chi connectivity index (χ0n) is 14.5. The summed E-state index contributed by atoms with van der Waals surface area (Å²) < 4.78 is 1.85. The molecule has 2 amide bonds. The maximum absolute atomic E-state index is 11.9. The molecule has 0 saturated carbocycles. The Morgan fingerprint density at radius 2 is 1.92 bits per heavy atom. The van der Waals surface area contributed by atoms with E-state index in [9.17, 15) is 9.90 Å². The summed E-state index contributed by atoms with van der Waals surface area (Å²) in [4.78, 5) is 11.9. The third kappa shape index (κ3) is 5.38. The van der Waals surface area contributed by atoms with E-state index in [4.69, 9.17) is 0 Å². The fourth-order valence-corrected chi connectivity index (χ4v) is 2.19. The summed E-state index contributed by atoms with van der Waals surface area (Å²) in [6.45, 7) is 7.11. The Balaban J connectivity index is 1.87. The van der Waals surface area contributed by atoms with Crippen LogP contribution in [0.5, 0.6) is 0 Å².